The number of nitrogens with zero attached hydrogens (tertiary/aromatic N) is 2. The standard InChI is InChI=1S/C28H29FN4/c1-3-15-30-16-14-20-8-10-21(11-9-20)18-33-25-13-12-24-23(17-31-32-24)26(25)27(29)28(33)22-7-5-4-6-19(22)2/h4-13,17,30H,3,14-16,18H2,1-2H3,(H,31,32). The van der Waals surface area contributed by atoms with E-state index in [1.807, 2.05) is 43.3 Å². The Morgan fingerprint density at radius 1 is 0.970 bits per heavy atom. The van der Waals surface area contributed by atoms with Gasteiger partial charge in [-0.05, 0) is 61.7 Å². The average molecular weight is 441 g/mol. The quantitative estimate of drug-likeness (QED) is 0.281. The van der Waals surface area contributed by atoms with Crippen LogP contribution in [0.1, 0.15) is 30.0 Å². The molecule has 0 aliphatic heterocycles. The third-order valence-electron chi connectivity index (χ3n) is 6.37. The van der Waals surface area contributed by atoms with Crippen molar-refractivity contribution in [3.63, 3.8) is 0 Å². The normalized spacial score (nSPS) is 11.6. The Kier molecular flexibility index (Phi) is 5.97. The molecule has 5 aromatic rings. The van der Waals surface area contributed by atoms with Gasteiger partial charge in [-0.25, -0.2) is 4.39 Å². The van der Waals surface area contributed by atoms with Gasteiger partial charge in [0.2, 0.25) is 0 Å². The molecule has 0 aliphatic rings. The number of nitrogens with one attached hydrogen (secondary N) is 2. The molecule has 0 bridgehead atoms. The van der Waals surface area contributed by atoms with E-state index in [9.17, 15) is 0 Å². The molecule has 0 saturated carbocycles. The van der Waals surface area contributed by atoms with Crippen LogP contribution in [0.2, 0.25) is 0 Å². The van der Waals surface area contributed by atoms with E-state index in [0.717, 1.165) is 59.0 Å². The number of fused-ring (bicyclic) bond motifs is 3. The maximum atomic E-state index is 16.1. The van der Waals surface area contributed by atoms with Crippen molar-refractivity contribution >= 4 is 21.8 Å². The summed E-state index contributed by atoms with van der Waals surface area (Å²) in [5.74, 6) is -0.190. The number of hydrogen-bond acceptors (Lipinski definition) is 2. The van der Waals surface area contributed by atoms with Gasteiger partial charge in [0.25, 0.3) is 0 Å². The number of aryl methyl sites for hydroxylation is 1. The van der Waals surface area contributed by atoms with E-state index < -0.39 is 0 Å². The first-order chi connectivity index (χ1) is 16.2. The Bertz CT molecular complexity index is 1400. The number of halogens is 1. The molecule has 0 radical (unpaired) electrons. The molecule has 33 heavy (non-hydrogen) atoms. The van der Waals surface area contributed by atoms with Gasteiger partial charge in [-0.1, -0.05) is 55.5 Å². The minimum atomic E-state index is -0.190. The highest BCUT2D eigenvalue weighted by molar-refractivity contribution is 6.07. The summed E-state index contributed by atoms with van der Waals surface area (Å²) in [6, 6.07) is 20.7. The van der Waals surface area contributed by atoms with Crippen molar-refractivity contribution in [2.45, 2.75) is 33.2 Å². The van der Waals surface area contributed by atoms with Crippen LogP contribution in [-0.2, 0) is 13.0 Å². The summed E-state index contributed by atoms with van der Waals surface area (Å²) in [4.78, 5) is 0. The fraction of sp³-hybridized carbons (Fsp3) is 0.250. The molecule has 0 amide bonds. The van der Waals surface area contributed by atoms with Crippen molar-refractivity contribution in [2.75, 3.05) is 13.1 Å². The van der Waals surface area contributed by atoms with Gasteiger partial charge in [0.05, 0.1) is 22.9 Å². The monoisotopic (exact) mass is 440 g/mol. The molecule has 2 heterocycles. The van der Waals surface area contributed by atoms with Crippen LogP contribution in [0.15, 0.2) is 66.9 Å². The van der Waals surface area contributed by atoms with Crippen LogP contribution < -0.4 is 5.32 Å². The second-order valence-corrected chi connectivity index (χ2v) is 8.67. The topological polar surface area (TPSA) is 45.6 Å². The lowest BCUT2D eigenvalue weighted by molar-refractivity contribution is 0.635. The van der Waals surface area contributed by atoms with Crippen molar-refractivity contribution in [2.24, 2.45) is 0 Å². The summed E-state index contributed by atoms with van der Waals surface area (Å²) >= 11 is 0. The van der Waals surface area contributed by atoms with Crippen molar-refractivity contribution in [3.05, 3.63) is 89.4 Å². The Morgan fingerprint density at radius 2 is 1.76 bits per heavy atom. The minimum absolute atomic E-state index is 0.190. The summed E-state index contributed by atoms with van der Waals surface area (Å²) in [6.07, 6.45) is 3.87. The number of aromatic amines is 1. The van der Waals surface area contributed by atoms with Crippen molar-refractivity contribution in [3.8, 4) is 11.3 Å². The zero-order valence-electron chi connectivity index (χ0n) is 19.2. The van der Waals surface area contributed by atoms with E-state index in [1.54, 1.807) is 6.20 Å². The maximum absolute atomic E-state index is 16.1. The number of hydrogen-bond donors (Lipinski definition) is 2. The largest absolute Gasteiger partial charge is 0.333 e. The van der Waals surface area contributed by atoms with Gasteiger partial charge < -0.3 is 9.88 Å². The van der Waals surface area contributed by atoms with Gasteiger partial charge in [-0.15, -0.1) is 0 Å². The molecule has 5 rings (SSSR count). The average Bonchev–Trinajstić information content (AvgIpc) is 3.41. The fourth-order valence-electron chi connectivity index (χ4n) is 4.61. The van der Waals surface area contributed by atoms with Gasteiger partial charge in [0.1, 0.15) is 0 Å². The Labute approximate surface area is 193 Å². The van der Waals surface area contributed by atoms with Gasteiger partial charge in [0, 0.05) is 22.9 Å². The summed E-state index contributed by atoms with van der Waals surface area (Å²) in [5.41, 5.74) is 6.79. The summed E-state index contributed by atoms with van der Waals surface area (Å²) < 4.78 is 18.2. The lowest BCUT2D eigenvalue weighted by Gasteiger charge is -2.13. The third kappa shape index (κ3) is 4.05. The second-order valence-electron chi connectivity index (χ2n) is 8.67. The van der Waals surface area contributed by atoms with Crippen molar-refractivity contribution in [1.82, 2.24) is 20.1 Å². The number of rotatable bonds is 8. The van der Waals surface area contributed by atoms with Crippen LogP contribution in [0.3, 0.4) is 0 Å². The molecule has 2 N–H and O–H groups in total. The molecule has 5 heteroatoms. The number of H-pyrrole nitrogens is 1. The molecule has 168 valence electrons. The number of aromatic nitrogens is 3. The Balaban J connectivity index is 1.57. The molecule has 0 aliphatic carbocycles. The Hall–Kier alpha value is -3.44. The van der Waals surface area contributed by atoms with Crippen LogP contribution in [0.5, 0.6) is 0 Å². The third-order valence-corrected chi connectivity index (χ3v) is 6.37. The number of benzene rings is 3. The first-order valence-corrected chi connectivity index (χ1v) is 11.7. The smallest absolute Gasteiger partial charge is 0.157 e. The zero-order valence-corrected chi connectivity index (χ0v) is 19.2. The molecular formula is C28H29FN4. The highest BCUT2D eigenvalue weighted by Crippen LogP contribution is 2.37. The molecule has 0 saturated heterocycles. The molecule has 0 atom stereocenters. The SMILES string of the molecule is CCCNCCc1ccc(Cn2c(-c3ccccc3C)c(F)c3c4cn[nH]c4ccc32)cc1. The van der Waals surface area contributed by atoms with Crippen molar-refractivity contribution < 1.29 is 4.39 Å². The van der Waals surface area contributed by atoms with Gasteiger partial charge in [-0.2, -0.15) is 5.10 Å². The first-order valence-electron chi connectivity index (χ1n) is 11.7. The van der Waals surface area contributed by atoms with E-state index in [-0.39, 0.29) is 5.82 Å². The van der Waals surface area contributed by atoms with Gasteiger partial charge in [0.15, 0.2) is 5.82 Å². The molecule has 0 fully saturated rings. The molecule has 3 aromatic carbocycles. The molecule has 2 aromatic heterocycles. The zero-order chi connectivity index (χ0) is 22.8. The summed E-state index contributed by atoms with van der Waals surface area (Å²) in [5, 5.41) is 12.0. The second kappa shape index (κ2) is 9.20. The predicted octanol–water partition coefficient (Wildman–Crippen LogP) is 6.22. The molecule has 0 unspecified atom stereocenters. The highest BCUT2D eigenvalue weighted by Gasteiger charge is 2.22. The van der Waals surface area contributed by atoms with Crippen LogP contribution in [-0.4, -0.2) is 27.9 Å². The molecule has 0 spiro atoms. The van der Waals surface area contributed by atoms with Crippen LogP contribution in [0.4, 0.5) is 4.39 Å². The highest BCUT2D eigenvalue weighted by atomic mass is 19.1. The van der Waals surface area contributed by atoms with E-state index >= 15 is 4.39 Å². The first kappa shape index (κ1) is 21.4. The minimum Gasteiger partial charge on any atom is -0.333 e. The van der Waals surface area contributed by atoms with Crippen molar-refractivity contribution in [1.29, 1.82) is 0 Å². The lowest BCUT2D eigenvalue weighted by Crippen LogP contribution is -2.17. The van der Waals surface area contributed by atoms with Crippen LogP contribution in [0, 0.1) is 12.7 Å². The Morgan fingerprint density at radius 3 is 2.55 bits per heavy atom. The lowest BCUT2D eigenvalue weighted by atomic mass is 10.0. The summed E-state index contributed by atoms with van der Waals surface area (Å²) in [7, 11) is 0. The summed E-state index contributed by atoms with van der Waals surface area (Å²) in [6.45, 7) is 6.85. The van der Waals surface area contributed by atoms with Gasteiger partial charge >= 0.3 is 0 Å². The predicted molar refractivity (Wildman–Crippen MR) is 134 cm³/mol. The van der Waals surface area contributed by atoms with E-state index in [0.29, 0.717) is 17.6 Å². The van der Waals surface area contributed by atoms with E-state index in [1.165, 1.54) is 5.56 Å². The molecular weight excluding hydrogens is 411 g/mol. The van der Waals surface area contributed by atoms with E-state index in [2.05, 4.69) is 51.3 Å². The fourth-order valence-corrected chi connectivity index (χ4v) is 4.61. The van der Waals surface area contributed by atoms with Crippen LogP contribution >= 0.6 is 0 Å². The molecule has 4 nitrogen and oxygen atoms in total. The van der Waals surface area contributed by atoms with Gasteiger partial charge in [-0.3, -0.25) is 5.10 Å². The maximum Gasteiger partial charge on any atom is 0.157 e. The van der Waals surface area contributed by atoms with E-state index in [4.69, 9.17) is 0 Å². The van der Waals surface area contributed by atoms with Crippen LogP contribution in [0.25, 0.3) is 33.1 Å².